The Morgan fingerprint density at radius 3 is 2.27 bits per heavy atom. The molecule has 11 nitrogen and oxygen atoms in total. The molecule has 1 fully saturated rings. The van der Waals surface area contributed by atoms with Crippen molar-refractivity contribution in [3.63, 3.8) is 0 Å². The summed E-state index contributed by atoms with van der Waals surface area (Å²) in [5, 5.41) is 44.7. The summed E-state index contributed by atoms with van der Waals surface area (Å²) in [6.45, 7) is 0.0263. The van der Waals surface area contributed by atoms with Crippen LogP contribution >= 0.6 is 0 Å². The van der Waals surface area contributed by atoms with Gasteiger partial charge in [-0.05, 0) is 6.92 Å². The first-order valence-corrected chi connectivity index (χ1v) is 7.38. The molecular formula is C10H17NO10S. The van der Waals surface area contributed by atoms with Gasteiger partial charge < -0.3 is 34.5 Å². The summed E-state index contributed by atoms with van der Waals surface area (Å²) in [5.41, 5.74) is 0. The number of nitrogens with one attached hydrogen (secondary N) is 1. The lowest BCUT2D eigenvalue weighted by Crippen LogP contribution is -2.46. The minimum absolute atomic E-state index is 0.0729. The number of ether oxygens (including phenoxy) is 1. The van der Waals surface area contributed by atoms with Gasteiger partial charge in [0.25, 0.3) is 5.91 Å². The maximum Gasteiger partial charge on any atom is 0.409 e. The molecule has 0 aromatic rings. The van der Waals surface area contributed by atoms with Gasteiger partial charge in [-0.1, -0.05) is 0 Å². The summed E-state index contributed by atoms with van der Waals surface area (Å²) < 4.78 is 31.4. The Labute approximate surface area is 125 Å². The molecule has 1 amide bonds. The van der Waals surface area contributed by atoms with Gasteiger partial charge in [0.15, 0.2) is 0 Å². The minimum atomic E-state index is -3.85. The van der Waals surface area contributed by atoms with Crippen LogP contribution in [-0.2, 0) is 24.0 Å². The topological polar surface area (TPSA) is 183 Å². The van der Waals surface area contributed by atoms with E-state index >= 15 is 0 Å². The van der Waals surface area contributed by atoms with Gasteiger partial charge >= 0.3 is 10.3 Å². The van der Waals surface area contributed by atoms with Gasteiger partial charge in [0.1, 0.15) is 24.1 Å². The van der Waals surface area contributed by atoms with Crippen LogP contribution in [0, 0.1) is 0 Å². The van der Waals surface area contributed by atoms with E-state index in [0.29, 0.717) is 0 Å². The molecule has 0 aromatic carbocycles. The second-order valence-corrected chi connectivity index (χ2v) is 5.82. The van der Waals surface area contributed by atoms with Gasteiger partial charge in [-0.15, -0.1) is 0 Å². The Hall–Kier alpha value is -1.28. The smallest absolute Gasteiger partial charge is 0.394 e. The van der Waals surface area contributed by atoms with Crippen molar-refractivity contribution in [3.05, 3.63) is 11.8 Å². The Kier molecular flexibility index (Phi) is 5.86. The van der Waals surface area contributed by atoms with E-state index in [4.69, 9.17) is 20.4 Å². The molecule has 6 N–H and O–H groups in total. The molecule has 0 saturated carbocycles. The highest BCUT2D eigenvalue weighted by Gasteiger charge is 2.52. The SMILES string of the molecule is CC1=CC(=O)NS(=O)(=O)O1.OC[C@H]1O[C@](O)(CO)[C@@H](O)[C@@H]1O. The van der Waals surface area contributed by atoms with Crippen LogP contribution in [0.25, 0.3) is 0 Å². The van der Waals surface area contributed by atoms with Crippen LogP contribution in [0.5, 0.6) is 0 Å². The van der Waals surface area contributed by atoms with E-state index in [9.17, 15) is 18.3 Å². The highest BCUT2D eigenvalue weighted by atomic mass is 32.2. The molecular weight excluding hydrogens is 326 g/mol. The van der Waals surface area contributed by atoms with Crippen molar-refractivity contribution in [2.45, 2.75) is 31.0 Å². The molecule has 22 heavy (non-hydrogen) atoms. The first kappa shape index (κ1) is 18.8. The second-order valence-electron chi connectivity index (χ2n) is 4.54. The lowest BCUT2D eigenvalue weighted by atomic mass is 10.1. The van der Waals surface area contributed by atoms with E-state index < -0.39 is 53.5 Å². The van der Waals surface area contributed by atoms with Crippen molar-refractivity contribution in [2.75, 3.05) is 13.2 Å². The first-order valence-electron chi connectivity index (χ1n) is 5.97. The largest absolute Gasteiger partial charge is 0.409 e. The lowest BCUT2D eigenvalue weighted by Gasteiger charge is -2.22. The number of allylic oxidation sites excluding steroid dienone is 1. The van der Waals surface area contributed by atoms with Crippen molar-refractivity contribution in [1.29, 1.82) is 0 Å². The molecule has 1 saturated heterocycles. The van der Waals surface area contributed by atoms with Crippen LogP contribution < -0.4 is 4.72 Å². The fourth-order valence-electron chi connectivity index (χ4n) is 1.70. The zero-order valence-corrected chi connectivity index (χ0v) is 12.2. The second kappa shape index (κ2) is 6.87. The molecule has 0 aliphatic carbocycles. The average molecular weight is 343 g/mol. The third kappa shape index (κ3) is 4.36. The molecule has 12 heteroatoms. The summed E-state index contributed by atoms with van der Waals surface area (Å²) in [4.78, 5) is 10.4. The molecule has 2 heterocycles. The molecule has 2 aliphatic rings. The molecule has 0 unspecified atom stereocenters. The standard InChI is InChI=1S/C6H12O6.C4H5NO4S/c7-1-3-4(9)5(10)6(11,2-8)12-3;1-3-2-4(6)5-10(7,8)9-3/h3-5,7-11H,1-2H2;2H,1H3,(H,5,6)/t3-,4-,5+,6-;/m1./s1. The fourth-order valence-corrected chi connectivity index (χ4v) is 2.44. The monoisotopic (exact) mass is 343 g/mol. The number of rotatable bonds is 2. The highest BCUT2D eigenvalue weighted by Crippen LogP contribution is 2.28. The van der Waals surface area contributed by atoms with Gasteiger partial charge in [-0.2, -0.15) is 8.42 Å². The van der Waals surface area contributed by atoms with Gasteiger partial charge in [0, 0.05) is 6.08 Å². The molecule has 0 radical (unpaired) electrons. The fraction of sp³-hybridized carbons (Fsp3) is 0.700. The predicted octanol–water partition coefficient (Wildman–Crippen LogP) is -3.94. The summed E-state index contributed by atoms with van der Waals surface area (Å²) in [6, 6.07) is 0. The van der Waals surface area contributed by atoms with E-state index in [-0.39, 0.29) is 5.76 Å². The van der Waals surface area contributed by atoms with Crippen molar-refractivity contribution < 1.29 is 47.7 Å². The number of carbonyl (C=O) groups excluding carboxylic acids is 1. The number of aliphatic hydroxyl groups is 5. The molecule has 4 atom stereocenters. The quantitative estimate of drug-likeness (QED) is 0.289. The van der Waals surface area contributed by atoms with Crippen molar-refractivity contribution in [2.24, 2.45) is 0 Å². The number of amides is 1. The summed E-state index contributed by atoms with van der Waals surface area (Å²) in [7, 11) is -3.85. The van der Waals surface area contributed by atoms with E-state index in [1.54, 1.807) is 4.72 Å². The van der Waals surface area contributed by atoms with Gasteiger partial charge in [0.05, 0.1) is 13.2 Å². The molecule has 2 rings (SSSR count). The van der Waals surface area contributed by atoms with Gasteiger partial charge in [0.2, 0.25) is 5.79 Å². The van der Waals surface area contributed by atoms with Crippen LogP contribution in [0.3, 0.4) is 0 Å². The van der Waals surface area contributed by atoms with Crippen molar-refractivity contribution in [1.82, 2.24) is 4.72 Å². The van der Waals surface area contributed by atoms with E-state index in [1.807, 2.05) is 0 Å². The Morgan fingerprint density at radius 2 is 1.95 bits per heavy atom. The van der Waals surface area contributed by atoms with Crippen LogP contribution in [0.2, 0.25) is 0 Å². The molecule has 0 bridgehead atoms. The Bertz CT molecular complexity index is 546. The van der Waals surface area contributed by atoms with E-state index in [1.165, 1.54) is 6.92 Å². The zero-order chi connectivity index (χ0) is 17.1. The van der Waals surface area contributed by atoms with Crippen LogP contribution in [-0.4, -0.2) is 77.2 Å². The number of hydrogen-bond acceptors (Lipinski definition) is 10. The summed E-state index contributed by atoms with van der Waals surface area (Å²) in [5.74, 6) is -2.76. The average Bonchev–Trinajstić information content (AvgIpc) is 2.61. The highest BCUT2D eigenvalue weighted by molar-refractivity contribution is 7.85. The number of hydrogen-bond donors (Lipinski definition) is 6. The normalized spacial score (nSPS) is 36.5. The van der Waals surface area contributed by atoms with Crippen molar-refractivity contribution in [3.8, 4) is 0 Å². The number of aliphatic hydroxyl groups excluding tert-OH is 4. The molecule has 2 aliphatic heterocycles. The minimum Gasteiger partial charge on any atom is -0.394 e. The molecule has 0 spiro atoms. The zero-order valence-electron chi connectivity index (χ0n) is 11.4. The lowest BCUT2D eigenvalue weighted by molar-refractivity contribution is -0.248. The van der Waals surface area contributed by atoms with E-state index in [2.05, 4.69) is 8.92 Å². The number of carbonyl (C=O) groups is 1. The summed E-state index contributed by atoms with van der Waals surface area (Å²) >= 11 is 0. The molecule has 0 aromatic heterocycles. The predicted molar refractivity (Wildman–Crippen MR) is 67.9 cm³/mol. The third-order valence-electron chi connectivity index (χ3n) is 2.73. The maximum atomic E-state index is 10.5. The summed E-state index contributed by atoms with van der Waals surface area (Å²) in [6.07, 6.45) is -2.98. The van der Waals surface area contributed by atoms with Crippen LogP contribution in [0.1, 0.15) is 6.92 Å². The third-order valence-corrected chi connectivity index (χ3v) is 3.66. The maximum absolute atomic E-state index is 10.5. The Balaban J connectivity index is 0.000000224. The van der Waals surface area contributed by atoms with Gasteiger partial charge in [-0.3, -0.25) is 4.79 Å². The molecule has 128 valence electrons. The van der Waals surface area contributed by atoms with Crippen LogP contribution in [0.15, 0.2) is 11.8 Å². The van der Waals surface area contributed by atoms with Gasteiger partial charge in [-0.25, -0.2) is 4.72 Å². The van der Waals surface area contributed by atoms with Crippen molar-refractivity contribution >= 4 is 16.2 Å². The Morgan fingerprint density at radius 1 is 1.36 bits per heavy atom. The first-order chi connectivity index (χ1) is 10.0. The van der Waals surface area contributed by atoms with Crippen LogP contribution in [0.4, 0.5) is 0 Å². The van der Waals surface area contributed by atoms with E-state index in [0.717, 1.165) is 6.08 Å².